The quantitative estimate of drug-likeness (QED) is 0.829. The highest BCUT2D eigenvalue weighted by atomic mass is 79.9. The molecule has 0 saturated heterocycles. The summed E-state index contributed by atoms with van der Waals surface area (Å²) in [6.45, 7) is 1.88. The molecule has 0 spiro atoms. The number of rotatable bonds is 5. The molecular formula is C10H12BrN3S. The summed E-state index contributed by atoms with van der Waals surface area (Å²) in [5.74, 6) is 1.04. The second-order valence-electron chi connectivity index (χ2n) is 3.17. The topological polar surface area (TPSA) is 40.7 Å². The zero-order valence-electron chi connectivity index (χ0n) is 8.16. The lowest BCUT2D eigenvalue weighted by Gasteiger charge is -2.00. The fourth-order valence-electron chi connectivity index (χ4n) is 1.30. The van der Waals surface area contributed by atoms with Gasteiger partial charge in [-0.05, 0) is 28.1 Å². The minimum absolute atomic E-state index is 0.928. The molecule has 0 aliphatic heterocycles. The minimum Gasteiger partial charge on any atom is -0.349 e. The van der Waals surface area contributed by atoms with Crippen LogP contribution >= 0.6 is 27.3 Å². The second-order valence-corrected chi connectivity index (χ2v) is 5.72. The Bertz CT molecular complexity index is 396. The molecule has 0 aromatic carbocycles. The predicted molar refractivity (Wildman–Crippen MR) is 66.0 cm³/mol. The summed E-state index contributed by atoms with van der Waals surface area (Å²) in [4.78, 5) is 8.60. The lowest BCUT2D eigenvalue weighted by Crippen LogP contribution is -2.16. The number of aromatic nitrogens is 2. The molecule has 2 N–H and O–H groups in total. The maximum atomic E-state index is 4.16. The molecule has 0 unspecified atom stereocenters. The van der Waals surface area contributed by atoms with Crippen molar-refractivity contribution in [3.05, 3.63) is 39.0 Å². The molecule has 0 aliphatic carbocycles. The Morgan fingerprint density at radius 1 is 1.47 bits per heavy atom. The van der Waals surface area contributed by atoms with E-state index in [1.165, 1.54) is 8.66 Å². The van der Waals surface area contributed by atoms with Gasteiger partial charge in [0, 0.05) is 36.8 Å². The number of hydrogen-bond acceptors (Lipinski definition) is 3. The van der Waals surface area contributed by atoms with Crippen molar-refractivity contribution in [2.24, 2.45) is 0 Å². The molecule has 0 aliphatic rings. The van der Waals surface area contributed by atoms with Crippen LogP contribution < -0.4 is 5.32 Å². The second kappa shape index (κ2) is 5.44. The molecule has 0 saturated carbocycles. The summed E-state index contributed by atoms with van der Waals surface area (Å²) in [6.07, 6.45) is 4.58. The van der Waals surface area contributed by atoms with E-state index in [0.717, 1.165) is 25.3 Å². The molecule has 2 aromatic rings. The first-order valence-corrected chi connectivity index (χ1v) is 6.39. The predicted octanol–water partition coefficient (Wildman–Crippen LogP) is 2.57. The van der Waals surface area contributed by atoms with Crippen LogP contribution in [0.3, 0.4) is 0 Å². The summed E-state index contributed by atoms with van der Waals surface area (Å²) >= 11 is 5.21. The van der Waals surface area contributed by atoms with E-state index in [-0.39, 0.29) is 0 Å². The third kappa shape index (κ3) is 3.44. The van der Waals surface area contributed by atoms with Gasteiger partial charge >= 0.3 is 0 Å². The third-order valence-corrected chi connectivity index (χ3v) is 3.65. The Hall–Kier alpha value is -0.650. The molecule has 0 atom stereocenters. The molecule has 15 heavy (non-hydrogen) atoms. The van der Waals surface area contributed by atoms with Gasteiger partial charge in [-0.1, -0.05) is 0 Å². The Morgan fingerprint density at radius 3 is 3.07 bits per heavy atom. The molecule has 0 amide bonds. The van der Waals surface area contributed by atoms with Crippen molar-refractivity contribution >= 4 is 27.3 Å². The van der Waals surface area contributed by atoms with E-state index in [2.05, 4.69) is 43.3 Å². The van der Waals surface area contributed by atoms with Gasteiger partial charge in [-0.3, -0.25) is 0 Å². The zero-order valence-corrected chi connectivity index (χ0v) is 10.6. The van der Waals surface area contributed by atoms with Gasteiger partial charge in [0.1, 0.15) is 5.82 Å². The number of imidazole rings is 1. The standard InChI is InChI=1S/C10H12BrN3S/c11-9-2-1-8(15-9)7-12-4-3-10-13-5-6-14-10/h1-2,5-6,12H,3-4,7H2,(H,13,14). The Labute approximate surface area is 101 Å². The molecule has 2 aromatic heterocycles. The van der Waals surface area contributed by atoms with Crippen LogP contribution in [0.5, 0.6) is 0 Å². The van der Waals surface area contributed by atoms with E-state index < -0.39 is 0 Å². The Morgan fingerprint density at radius 2 is 2.40 bits per heavy atom. The maximum Gasteiger partial charge on any atom is 0.107 e. The largest absolute Gasteiger partial charge is 0.349 e. The van der Waals surface area contributed by atoms with E-state index in [4.69, 9.17) is 0 Å². The SMILES string of the molecule is Brc1ccc(CNCCc2ncc[nH]2)s1. The van der Waals surface area contributed by atoms with Gasteiger partial charge in [0.2, 0.25) is 0 Å². The van der Waals surface area contributed by atoms with E-state index in [1.807, 2.05) is 6.20 Å². The average Bonchev–Trinajstić information content (AvgIpc) is 2.84. The van der Waals surface area contributed by atoms with E-state index in [9.17, 15) is 0 Å². The van der Waals surface area contributed by atoms with Crippen LogP contribution in [-0.2, 0) is 13.0 Å². The monoisotopic (exact) mass is 285 g/mol. The third-order valence-electron chi connectivity index (χ3n) is 2.02. The van der Waals surface area contributed by atoms with Crippen LogP contribution in [0.2, 0.25) is 0 Å². The number of aromatic amines is 1. The highest BCUT2D eigenvalue weighted by molar-refractivity contribution is 9.11. The molecule has 0 fully saturated rings. The number of halogens is 1. The van der Waals surface area contributed by atoms with E-state index in [1.54, 1.807) is 17.5 Å². The van der Waals surface area contributed by atoms with Crippen molar-refractivity contribution in [2.75, 3.05) is 6.54 Å². The summed E-state index contributed by atoms with van der Waals surface area (Å²) < 4.78 is 1.19. The van der Waals surface area contributed by atoms with Crippen LogP contribution in [0.25, 0.3) is 0 Å². The van der Waals surface area contributed by atoms with E-state index in [0.29, 0.717) is 0 Å². The molecule has 0 bridgehead atoms. The first kappa shape index (κ1) is 10.9. The van der Waals surface area contributed by atoms with Crippen LogP contribution in [0.15, 0.2) is 28.3 Å². The normalized spacial score (nSPS) is 10.7. The number of thiophene rings is 1. The highest BCUT2D eigenvalue weighted by Gasteiger charge is 1.97. The van der Waals surface area contributed by atoms with Gasteiger partial charge in [0.05, 0.1) is 3.79 Å². The molecule has 80 valence electrons. The van der Waals surface area contributed by atoms with Crippen LogP contribution in [0.1, 0.15) is 10.7 Å². The molecule has 0 radical (unpaired) electrons. The minimum atomic E-state index is 0.928. The number of nitrogens with one attached hydrogen (secondary N) is 2. The van der Waals surface area contributed by atoms with E-state index >= 15 is 0 Å². The van der Waals surface area contributed by atoms with Gasteiger partial charge in [0.15, 0.2) is 0 Å². The van der Waals surface area contributed by atoms with Crippen molar-refractivity contribution in [2.45, 2.75) is 13.0 Å². The summed E-state index contributed by atoms with van der Waals surface area (Å²) in [5.41, 5.74) is 0. The lowest BCUT2D eigenvalue weighted by atomic mass is 10.4. The van der Waals surface area contributed by atoms with Crippen molar-refractivity contribution in [3.63, 3.8) is 0 Å². The zero-order chi connectivity index (χ0) is 10.5. The smallest absolute Gasteiger partial charge is 0.107 e. The van der Waals surface area contributed by atoms with Crippen molar-refractivity contribution in [3.8, 4) is 0 Å². The van der Waals surface area contributed by atoms with Crippen LogP contribution in [0, 0.1) is 0 Å². The number of hydrogen-bond donors (Lipinski definition) is 2. The highest BCUT2D eigenvalue weighted by Crippen LogP contribution is 2.21. The molecule has 5 heteroatoms. The van der Waals surface area contributed by atoms with Gasteiger partial charge < -0.3 is 10.3 Å². The van der Waals surface area contributed by atoms with Crippen LogP contribution in [-0.4, -0.2) is 16.5 Å². The van der Waals surface area contributed by atoms with Gasteiger partial charge in [-0.25, -0.2) is 4.98 Å². The molecule has 2 heterocycles. The molecular weight excluding hydrogens is 274 g/mol. The Balaban J connectivity index is 1.67. The molecule has 2 rings (SSSR count). The fraction of sp³-hybridized carbons (Fsp3) is 0.300. The van der Waals surface area contributed by atoms with Crippen LogP contribution in [0.4, 0.5) is 0 Å². The Kier molecular flexibility index (Phi) is 3.94. The van der Waals surface area contributed by atoms with Crippen molar-refractivity contribution < 1.29 is 0 Å². The summed E-state index contributed by atoms with van der Waals surface area (Å²) in [7, 11) is 0. The van der Waals surface area contributed by atoms with Crippen molar-refractivity contribution in [1.82, 2.24) is 15.3 Å². The van der Waals surface area contributed by atoms with Gasteiger partial charge in [0.25, 0.3) is 0 Å². The summed E-state index contributed by atoms with van der Waals surface area (Å²) in [6, 6.07) is 4.21. The van der Waals surface area contributed by atoms with Crippen molar-refractivity contribution in [1.29, 1.82) is 0 Å². The summed E-state index contributed by atoms with van der Waals surface area (Å²) in [5, 5.41) is 3.38. The lowest BCUT2D eigenvalue weighted by molar-refractivity contribution is 0.680. The molecule has 3 nitrogen and oxygen atoms in total. The number of nitrogens with zero attached hydrogens (tertiary/aromatic N) is 1. The fourth-order valence-corrected chi connectivity index (χ4v) is 2.75. The maximum absolute atomic E-state index is 4.16. The number of H-pyrrole nitrogens is 1. The van der Waals surface area contributed by atoms with Gasteiger partial charge in [-0.15, -0.1) is 11.3 Å². The van der Waals surface area contributed by atoms with Gasteiger partial charge in [-0.2, -0.15) is 0 Å². The first-order valence-electron chi connectivity index (χ1n) is 4.78. The first-order chi connectivity index (χ1) is 7.34. The average molecular weight is 286 g/mol.